The molecule has 0 aliphatic rings. The van der Waals surface area contributed by atoms with Crippen LogP contribution in [0.2, 0.25) is 0 Å². The Morgan fingerprint density at radius 1 is 1.50 bits per heavy atom. The Morgan fingerprint density at radius 3 is 2.62 bits per heavy atom. The molecule has 0 saturated heterocycles. The summed E-state index contributed by atoms with van der Waals surface area (Å²) < 4.78 is 4.60. The van der Waals surface area contributed by atoms with Gasteiger partial charge < -0.3 is 16.2 Å². The average Bonchev–Trinajstić information content (AvgIpc) is 2.21. The Kier molecular flexibility index (Phi) is 6.41. The smallest absolute Gasteiger partial charge is 0.325 e. The van der Waals surface area contributed by atoms with E-state index in [-0.39, 0.29) is 0 Å². The molecule has 1 atom stereocenters. The van der Waals surface area contributed by atoms with Gasteiger partial charge in [-0.2, -0.15) is 0 Å². The lowest BCUT2D eigenvalue weighted by Gasteiger charge is -2.20. The average molecular weight is 227 g/mol. The fourth-order valence-electron chi connectivity index (χ4n) is 1.11. The predicted octanol–water partition coefficient (Wildman–Crippen LogP) is 0.590. The van der Waals surface area contributed by atoms with Crippen LogP contribution in [0.1, 0.15) is 26.7 Å². The van der Waals surface area contributed by atoms with Gasteiger partial charge in [-0.1, -0.05) is 12.2 Å². The fourth-order valence-corrected chi connectivity index (χ4v) is 1.11. The first kappa shape index (κ1) is 14.6. The molecule has 92 valence electrons. The van der Waals surface area contributed by atoms with E-state index in [1.54, 1.807) is 13.8 Å². The number of ether oxygens (including phenoxy) is 1. The lowest BCUT2D eigenvalue weighted by Crippen LogP contribution is -2.45. The number of nitrogens with zero attached hydrogens (tertiary/aromatic N) is 1. The summed E-state index contributed by atoms with van der Waals surface area (Å²) in [7, 11) is 1.34. The predicted molar refractivity (Wildman–Crippen MR) is 65.1 cm³/mol. The van der Waals surface area contributed by atoms with Crippen LogP contribution in [-0.4, -0.2) is 31.0 Å². The van der Waals surface area contributed by atoms with Crippen LogP contribution >= 0.6 is 0 Å². The molecule has 0 aromatic rings. The molecule has 0 heterocycles. The molecule has 5 heteroatoms. The van der Waals surface area contributed by atoms with E-state index in [2.05, 4.69) is 9.73 Å². The van der Waals surface area contributed by atoms with Gasteiger partial charge in [0, 0.05) is 0 Å². The van der Waals surface area contributed by atoms with Gasteiger partial charge in [-0.15, -0.1) is 0 Å². The number of esters is 1. The van der Waals surface area contributed by atoms with E-state index in [0.717, 1.165) is 0 Å². The summed E-state index contributed by atoms with van der Waals surface area (Å²) in [4.78, 5) is 15.2. The minimum atomic E-state index is -0.924. The fraction of sp³-hybridized carbons (Fsp3) is 0.636. The highest BCUT2D eigenvalue weighted by molar-refractivity contribution is 5.79. The number of rotatable bonds is 6. The van der Waals surface area contributed by atoms with Gasteiger partial charge >= 0.3 is 5.97 Å². The van der Waals surface area contributed by atoms with Crippen molar-refractivity contribution in [2.75, 3.05) is 13.7 Å². The third-order valence-corrected chi connectivity index (χ3v) is 2.09. The highest BCUT2D eigenvalue weighted by Crippen LogP contribution is 2.10. The second-order valence-electron chi connectivity index (χ2n) is 3.90. The molecule has 0 aromatic carbocycles. The van der Waals surface area contributed by atoms with E-state index in [9.17, 15) is 4.79 Å². The number of hydrogen-bond donors (Lipinski definition) is 2. The van der Waals surface area contributed by atoms with Gasteiger partial charge in [0.2, 0.25) is 0 Å². The minimum absolute atomic E-state index is 0.392. The van der Waals surface area contributed by atoms with Crippen LogP contribution in [0.15, 0.2) is 17.1 Å². The van der Waals surface area contributed by atoms with Crippen LogP contribution in [-0.2, 0) is 9.53 Å². The van der Waals surface area contributed by atoms with Crippen LogP contribution in [0.3, 0.4) is 0 Å². The summed E-state index contributed by atoms with van der Waals surface area (Å²) in [5.74, 6) is 0.166. The number of hydrogen-bond acceptors (Lipinski definition) is 4. The normalized spacial score (nSPS) is 16.1. The van der Waals surface area contributed by atoms with E-state index in [4.69, 9.17) is 11.5 Å². The highest BCUT2D eigenvalue weighted by Gasteiger charge is 2.27. The minimum Gasteiger partial charge on any atom is -0.468 e. The number of amidine groups is 1. The van der Waals surface area contributed by atoms with Gasteiger partial charge in [0.25, 0.3) is 0 Å². The molecule has 0 amide bonds. The number of carbonyl (C=O) groups excluding carboxylic acids is 1. The molecule has 0 aliphatic heterocycles. The Bertz CT molecular complexity index is 279. The first-order valence-electron chi connectivity index (χ1n) is 5.19. The second kappa shape index (κ2) is 7.00. The summed E-state index contributed by atoms with van der Waals surface area (Å²) in [5, 5.41) is 0. The van der Waals surface area contributed by atoms with Crippen molar-refractivity contribution >= 4 is 11.8 Å². The first-order valence-corrected chi connectivity index (χ1v) is 5.19. The molecule has 0 aromatic heterocycles. The van der Waals surface area contributed by atoms with Gasteiger partial charge in [-0.05, 0) is 26.7 Å². The molecule has 1 unspecified atom stereocenters. The second-order valence-corrected chi connectivity index (χ2v) is 3.90. The van der Waals surface area contributed by atoms with Crippen LogP contribution < -0.4 is 11.5 Å². The molecule has 5 nitrogen and oxygen atoms in total. The van der Waals surface area contributed by atoms with Crippen molar-refractivity contribution in [1.82, 2.24) is 0 Å². The van der Waals surface area contributed by atoms with Crippen molar-refractivity contribution in [3.63, 3.8) is 0 Å². The zero-order chi connectivity index (χ0) is 12.6. The van der Waals surface area contributed by atoms with E-state index in [0.29, 0.717) is 25.2 Å². The summed E-state index contributed by atoms with van der Waals surface area (Å²) in [6, 6.07) is 0. The molecular weight excluding hydrogens is 206 g/mol. The number of methoxy groups -OCH3 is 1. The molecule has 0 fully saturated rings. The van der Waals surface area contributed by atoms with Gasteiger partial charge in [0.1, 0.15) is 5.54 Å². The van der Waals surface area contributed by atoms with E-state index in [1.807, 2.05) is 12.2 Å². The molecule has 4 N–H and O–H groups in total. The molecule has 16 heavy (non-hydrogen) atoms. The van der Waals surface area contributed by atoms with Gasteiger partial charge in [-0.25, -0.2) is 0 Å². The SMILES string of the molecule is COC(=O)C(C)(N)CC/C=C\CN=C(C)N. The standard InChI is InChI=1S/C11H21N3O2/c1-9(12)14-8-6-4-5-7-11(2,13)10(15)16-3/h4,6H,5,7-8,13H2,1-3H3,(H2,12,14)/b6-4-. The Morgan fingerprint density at radius 2 is 2.12 bits per heavy atom. The van der Waals surface area contributed by atoms with Crippen molar-refractivity contribution in [1.29, 1.82) is 0 Å². The lowest BCUT2D eigenvalue weighted by atomic mass is 9.97. The van der Waals surface area contributed by atoms with Crippen LogP contribution in [0.5, 0.6) is 0 Å². The van der Waals surface area contributed by atoms with E-state index < -0.39 is 11.5 Å². The largest absolute Gasteiger partial charge is 0.468 e. The van der Waals surface area contributed by atoms with Crippen molar-refractivity contribution < 1.29 is 9.53 Å². The van der Waals surface area contributed by atoms with Crippen molar-refractivity contribution in [3.8, 4) is 0 Å². The maximum Gasteiger partial charge on any atom is 0.325 e. The zero-order valence-corrected chi connectivity index (χ0v) is 10.2. The van der Waals surface area contributed by atoms with Crippen molar-refractivity contribution in [2.24, 2.45) is 16.5 Å². The number of allylic oxidation sites excluding steroid dienone is 1. The van der Waals surface area contributed by atoms with Crippen LogP contribution in [0.4, 0.5) is 0 Å². The molecule has 0 aliphatic carbocycles. The maximum atomic E-state index is 11.2. The summed E-state index contributed by atoms with van der Waals surface area (Å²) in [6.45, 7) is 3.96. The quantitative estimate of drug-likeness (QED) is 0.301. The zero-order valence-electron chi connectivity index (χ0n) is 10.2. The molecule has 0 rings (SSSR count). The van der Waals surface area contributed by atoms with Crippen LogP contribution in [0.25, 0.3) is 0 Å². The Hall–Kier alpha value is -1.36. The van der Waals surface area contributed by atoms with Gasteiger partial charge in [0.05, 0.1) is 19.5 Å². The van der Waals surface area contributed by atoms with Gasteiger partial charge in [-0.3, -0.25) is 9.79 Å². The third-order valence-electron chi connectivity index (χ3n) is 2.09. The van der Waals surface area contributed by atoms with Crippen molar-refractivity contribution in [3.05, 3.63) is 12.2 Å². The Labute approximate surface area is 96.5 Å². The molecule has 0 bridgehead atoms. The number of nitrogens with two attached hydrogens (primary N) is 2. The molecule has 0 radical (unpaired) electrons. The van der Waals surface area contributed by atoms with E-state index in [1.165, 1.54) is 7.11 Å². The molecular formula is C11H21N3O2. The summed E-state index contributed by atoms with van der Waals surface area (Å²) in [6.07, 6.45) is 5.08. The third kappa shape index (κ3) is 6.19. The van der Waals surface area contributed by atoms with E-state index >= 15 is 0 Å². The van der Waals surface area contributed by atoms with Gasteiger partial charge in [0.15, 0.2) is 0 Å². The molecule has 0 saturated carbocycles. The number of aliphatic imine (C=N–C) groups is 1. The maximum absolute atomic E-state index is 11.2. The first-order chi connectivity index (χ1) is 7.40. The Balaban J connectivity index is 3.89. The topological polar surface area (TPSA) is 90.7 Å². The van der Waals surface area contributed by atoms with Crippen LogP contribution in [0, 0.1) is 0 Å². The highest BCUT2D eigenvalue weighted by atomic mass is 16.5. The van der Waals surface area contributed by atoms with Crippen molar-refractivity contribution in [2.45, 2.75) is 32.2 Å². The number of carbonyl (C=O) groups is 1. The lowest BCUT2D eigenvalue weighted by molar-refractivity contribution is -0.146. The molecule has 0 spiro atoms. The summed E-state index contributed by atoms with van der Waals surface area (Å²) >= 11 is 0. The summed E-state index contributed by atoms with van der Waals surface area (Å²) in [5.41, 5.74) is 10.2. The monoisotopic (exact) mass is 227 g/mol.